The minimum atomic E-state index is -0.637. The van der Waals surface area contributed by atoms with Gasteiger partial charge in [0.05, 0.1) is 18.6 Å². The monoisotopic (exact) mass is 376 g/mol. The van der Waals surface area contributed by atoms with E-state index >= 15 is 0 Å². The van der Waals surface area contributed by atoms with Crippen molar-refractivity contribution < 1.29 is 23.9 Å². The van der Waals surface area contributed by atoms with Crippen molar-refractivity contribution in [2.75, 3.05) is 18.5 Å². The molecule has 2 aromatic rings. The summed E-state index contributed by atoms with van der Waals surface area (Å²) in [5.74, 6) is -1.01. The van der Waals surface area contributed by atoms with Gasteiger partial charge in [-0.15, -0.1) is 11.3 Å². The SMILES string of the molecule is Cc1ccc(C)c(OCCC(=O)OCC(=O)Nc2sccc2C(N)=O)c1. The first-order valence-corrected chi connectivity index (χ1v) is 8.77. The summed E-state index contributed by atoms with van der Waals surface area (Å²) in [5.41, 5.74) is 7.46. The summed E-state index contributed by atoms with van der Waals surface area (Å²) in [6.07, 6.45) is 0.0200. The minimum absolute atomic E-state index is 0.0200. The quantitative estimate of drug-likeness (QED) is 0.688. The van der Waals surface area contributed by atoms with E-state index in [-0.39, 0.29) is 18.6 Å². The zero-order valence-corrected chi connectivity index (χ0v) is 15.4. The van der Waals surface area contributed by atoms with Crippen LogP contribution in [0, 0.1) is 13.8 Å². The van der Waals surface area contributed by atoms with Crippen LogP contribution < -0.4 is 15.8 Å². The van der Waals surface area contributed by atoms with Gasteiger partial charge in [-0.3, -0.25) is 14.4 Å². The Morgan fingerprint density at radius 3 is 2.69 bits per heavy atom. The molecule has 0 radical (unpaired) electrons. The topological polar surface area (TPSA) is 108 Å². The highest BCUT2D eigenvalue weighted by molar-refractivity contribution is 7.14. The van der Waals surface area contributed by atoms with E-state index in [1.807, 2.05) is 32.0 Å². The number of nitrogens with one attached hydrogen (secondary N) is 1. The fraction of sp³-hybridized carbons (Fsp3) is 0.278. The molecule has 0 aliphatic heterocycles. The van der Waals surface area contributed by atoms with Crippen LogP contribution in [0.15, 0.2) is 29.6 Å². The predicted molar refractivity (Wildman–Crippen MR) is 98.5 cm³/mol. The number of amides is 2. The van der Waals surface area contributed by atoms with Crippen LogP contribution in [0.1, 0.15) is 27.9 Å². The molecule has 1 heterocycles. The van der Waals surface area contributed by atoms with Gasteiger partial charge in [0, 0.05) is 0 Å². The van der Waals surface area contributed by atoms with Gasteiger partial charge in [0.25, 0.3) is 11.8 Å². The Bertz CT molecular complexity index is 816. The van der Waals surface area contributed by atoms with Gasteiger partial charge in [0.15, 0.2) is 6.61 Å². The number of primary amides is 1. The van der Waals surface area contributed by atoms with Crippen LogP contribution >= 0.6 is 11.3 Å². The number of carbonyl (C=O) groups excluding carboxylic acids is 3. The molecule has 7 nitrogen and oxygen atoms in total. The van der Waals surface area contributed by atoms with Crippen LogP contribution in [0.3, 0.4) is 0 Å². The maximum absolute atomic E-state index is 11.8. The number of nitrogens with two attached hydrogens (primary N) is 1. The molecule has 0 saturated heterocycles. The maximum Gasteiger partial charge on any atom is 0.309 e. The highest BCUT2D eigenvalue weighted by Gasteiger charge is 2.14. The van der Waals surface area contributed by atoms with Crippen molar-refractivity contribution in [1.29, 1.82) is 0 Å². The Morgan fingerprint density at radius 1 is 1.19 bits per heavy atom. The van der Waals surface area contributed by atoms with Crippen molar-refractivity contribution in [3.8, 4) is 5.75 Å². The van der Waals surface area contributed by atoms with Crippen molar-refractivity contribution in [1.82, 2.24) is 0 Å². The zero-order valence-electron chi connectivity index (χ0n) is 14.5. The molecular formula is C18H20N2O5S. The van der Waals surface area contributed by atoms with Crippen molar-refractivity contribution in [3.05, 3.63) is 46.3 Å². The van der Waals surface area contributed by atoms with E-state index in [1.54, 1.807) is 5.38 Å². The fourth-order valence-corrected chi connectivity index (χ4v) is 2.90. The van der Waals surface area contributed by atoms with Gasteiger partial charge in [-0.2, -0.15) is 0 Å². The molecule has 0 fully saturated rings. The molecule has 1 aromatic carbocycles. The second-order valence-electron chi connectivity index (χ2n) is 5.60. The molecule has 0 unspecified atom stereocenters. The third-order valence-electron chi connectivity index (χ3n) is 3.46. The van der Waals surface area contributed by atoms with Crippen molar-refractivity contribution in [2.45, 2.75) is 20.3 Å². The van der Waals surface area contributed by atoms with E-state index in [0.717, 1.165) is 22.5 Å². The molecule has 0 spiro atoms. The van der Waals surface area contributed by atoms with Gasteiger partial charge in [0.2, 0.25) is 0 Å². The second kappa shape index (κ2) is 9.00. The van der Waals surface area contributed by atoms with Crippen LogP contribution in [-0.2, 0) is 14.3 Å². The van der Waals surface area contributed by atoms with Crippen LogP contribution in [0.2, 0.25) is 0 Å². The first kappa shape index (κ1) is 19.5. The van der Waals surface area contributed by atoms with Gasteiger partial charge in [0.1, 0.15) is 10.8 Å². The number of aryl methyl sites for hydroxylation is 2. The van der Waals surface area contributed by atoms with Crippen LogP contribution in [0.25, 0.3) is 0 Å². The number of esters is 1. The summed E-state index contributed by atoms with van der Waals surface area (Å²) < 4.78 is 10.5. The van der Waals surface area contributed by atoms with E-state index in [2.05, 4.69) is 5.32 Å². The molecular weight excluding hydrogens is 356 g/mol. The third-order valence-corrected chi connectivity index (χ3v) is 4.29. The summed E-state index contributed by atoms with van der Waals surface area (Å²) in [4.78, 5) is 34.7. The van der Waals surface area contributed by atoms with Crippen molar-refractivity contribution in [3.63, 3.8) is 0 Å². The highest BCUT2D eigenvalue weighted by atomic mass is 32.1. The van der Waals surface area contributed by atoms with Crippen molar-refractivity contribution >= 4 is 34.1 Å². The van der Waals surface area contributed by atoms with Gasteiger partial charge in [-0.1, -0.05) is 12.1 Å². The van der Waals surface area contributed by atoms with Gasteiger partial charge >= 0.3 is 5.97 Å². The molecule has 0 bridgehead atoms. The Morgan fingerprint density at radius 2 is 1.96 bits per heavy atom. The number of ether oxygens (including phenoxy) is 2. The number of anilines is 1. The number of hydrogen-bond donors (Lipinski definition) is 2. The summed E-state index contributed by atoms with van der Waals surface area (Å²) in [5, 5.41) is 4.45. The number of thiophene rings is 1. The number of hydrogen-bond acceptors (Lipinski definition) is 6. The van der Waals surface area contributed by atoms with Crippen LogP contribution in [0.4, 0.5) is 5.00 Å². The van der Waals surface area contributed by atoms with E-state index in [1.165, 1.54) is 6.07 Å². The molecule has 1 aromatic heterocycles. The molecule has 3 N–H and O–H groups in total. The highest BCUT2D eigenvalue weighted by Crippen LogP contribution is 2.22. The summed E-state index contributed by atoms with van der Waals surface area (Å²) in [7, 11) is 0. The van der Waals surface area contributed by atoms with E-state index in [4.69, 9.17) is 15.2 Å². The Labute approximate surface area is 155 Å². The molecule has 0 aliphatic rings. The Balaban J connectivity index is 1.73. The summed E-state index contributed by atoms with van der Waals surface area (Å²) in [6.45, 7) is 3.58. The first-order chi connectivity index (χ1) is 12.4. The fourth-order valence-electron chi connectivity index (χ4n) is 2.09. The van der Waals surface area contributed by atoms with Gasteiger partial charge < -0.3 is 20.5 Å². The normalized spacial score (nSPS) is 10.2. The van der Waals surface area contributed by atoms with E-state index in [0.29, 0.717) is 10.8 Å². The average molecular weight is 376 g/mol. The maximum atomic E-state index is 11.8. The molecule has 2 rings (SSSR count). The standard InChI is InChI=1S/C18H20N2O5S/c1-11-3-4-12(2)14(9-11)24-7-5-16(22)25-10-15(21)20-18-13(17(19)23)6-8-26-18/h3-4,6,8-9H,5,7,10H2,1-2H3,(H2,19,23)(H,20,21). The van der Waals surface area contributed by atoms with Gasteiger partial charge in [-0.25, -0.2) is 0 Å². The molecule has 138 valence electrons. The van der Waals surface area contributed by atoms with E-state index < -0.39 is 24.4 Å². The number of carbonyl (C=O) groups is 3. The lowest BCUT2D eigenvalue weighted by atomic mass is 10.1. The Hall–Kier alpha value is -2.87. The largest absolute Gasteiger partial charge is 0.493 e. The smallest absolute Gasteiger partial charge is 0.309 e. The third kappa shape index (κ3) is 5.59. The molecule has 8 heteroatoms. The second-order valence-corrected chi connectivity index (χ2v) is 6.52. The lowest BCUT2D eigenvalue weighted by molar-refractivity contribution is -0.147. The number of benzene rings is 1. The van der Waals surface area contributed by atoms with Crippen molar-refractivity contribution in [2.24, 2.45) is 5.73 Å². The minimum Gasteiger partial charge on any atom is -0.493 e. The number of rotatable bonds is 8. The molecule has 0 aliphatic carbocycles. The van der Waals surface area contributed by atoms with E-state index in [9.17, 15) is 14.4 Å². The summed E-state index contributed by atoms with van der Waals surface area (Å²) in [6, 6.07) is 7.33. The molecule has 2 amide bonds. The van der Waals surface area contributed by atoms with Crippen LogP contribution in [0.5, 0.6) is 5.75 Å². The lowest BCUT2D eigenvalue weighted by Crippen LogP contribution is -2.22. The molecule has 26 heavy (non-hydrogen) atoms. The molecule has 0 saturated carbocycles. The van der Waals surface area contributed by atoms with Gasteiger partial charge in [-0.05, 0) is 42.5 Å². The predicted octanol–water partition coefficient (Wildman–Crippen LogP) is 2.41. The summed E-state index contributed by atoms with van der Waals surface area (Å²) >= 11 is 1.16. The molecule has 0 atom stereocenters. The van der Waals surface area contributed by atoms with Crippen LogP contribution in [-0.4, -0.2) is 31.0 Å². The first-order valence-electron chi connectivity index (χ1n) is 7.89. The Kier molecular flexibility index (Phi) is 6.74. The zero-order chi connectivity index (χ0) is 19.1. The lowest BCUT2D eigenvalue weighted by Gasteiger charge is -2.10. The average Bonchev–Trinajstić information content (AvgIpc) is 3.04.